The summed E-state index contributed by atoms with van der Waals surface area (Å²) >= 11 is 0. The molecule has 3 amide bonds. The Hall–Kier alpha value is -2.95. The fraction of sp³-hybridized carbons (Fsp3) is 0.357. The van der Waals surface area contributed by atoms with Crippen LogP contribution < -0.4 is 5.32 Å². The second-order valence-electron chi connectivity index (χ2n) is 5.31. The third-order valence-corrected chi connectivity index (χ3v) is 3.61. The maximum absolute atomic E-state index is 12.5. The summed E-state index contributed by atoms with van der Waals surface area (Å²) in [6.07, 6.45) is 0. The largest absolute Gasteiger partial charge is 0.325 e. The first-order valence-electron chi connectivity index (χ1n) is 6.58. The molecule has 22 heavy (non-hydrogen) atoms. The predicted octanol–water partition coefficient (Wildman–Crippen LogP) is 1.52. The average molecular weight is 302 g/mol. The number of nitrogens with zero attached hydrogens (tertiary/aromatic N) is 3. The van der Waals surface area contributed by atoms with Crippen molar-refractivity contribution in [2.75, 3.05) is 6.54 Å². The van der Waals surface area contributed by atoms with Crippen molar-refractivity contribution in [1.82, 2.24) is 10.2 Å². The molecule has 0 bridgehead atoms. The van der Waals surface area contributed by atoms with E-state index in [0.29, 0.717) is 5.56 Å². The minimum Gasteiger partial charge on any atom is -0.319 e. The van der Waals surface area contributed by atoms with Crippen molar-refractivity contribution in [3.8, 4) is 6.07 Å². The smallest absolute Gasteiger partial charge is 0.319 e. The van der Waals surface area contributed by atoms with Gasteiger partial charge in [-0.15, -0.1) is 0 Å². The zero-order chi connectivity index (χ0) is 16.5. The molecule has 0 saturated carbocycles. The first kappa shape index (κ1) is 15.4. The number of imide groups is 1. The summed E-state index contributed by atoms with van der Waals surface area (Å²) in [6, 6.07) is 6.83. The molecule has 0 unspecified atom stereocenters. The topological polar surface area (TPSA) is 116 Å². The van der Waals surface area contributed by atoms with Gasteiger partial charge in [0.2, 0.25) is 0 Å². The van der Waals surface area contributed by atoms with E-state index < -0.39 is 28.3 Å². The lowest BCUT2D eigenvalue weighted by Crippen LogP contribution is -2.41. The maximum atomic E-state index is 12.5. The summed E-state index contributed by atoms with van der Waals surface area (Å²) in [5.41, 5.74) is -0.941. The Labute approximate surface area is 126 Å². The average Bonchev–Trinajstić information content (AvgIpc) is 2.71. The summed E-state index contributed by atoms with van der Waals surface area (Å²) in [4.78, 5) is 35.6. The van der Waals surface area contributed by atoms with E-state index in [2.05, 4.69) is 5.32 Å². The Morgan fingerprint density at radius 3 is 2.50 bits per heavy atom. The molecule has 1 aliphatic rings. The van der Waals surface area contributed by atoms with Gasteiger partial charge in [-0.3, -0.25) is 19.8 Å². The van der Waals surface area contributed by atoms with Gasteiger partial charge in [-0.25, -0.2) is 4.79 Å². The highest BCUT2D eigenvalue weighted by molar-refractivity contribution is 6.07. The fourth-order valence-corrected chi connectivity index (χ4v) is 2.29. The molecule has 1 N–H and O–H groups in total. The number of nitro benzene ring substituents is 1. The molecule has 0 aromatic heterocycles. The van der Waals surface area contributed by atoms with Gasteiger partial charge in [0.25, 0.3) is 11.6 Å². The van der Waals surface area contributed by atoms with Crippen LogP contribution in [-0.4, -0.2) is 28.3 Å². The quantitative estimate of drug-likeness (QED) is 0.514. The SMILES string of the molecule is C[C@@H](C#N)CN1C(=O)N[C@](C)(c2ccc([N+](=O)[O-])cc2)C1=O. The van der Waals surface area contributed by atoms with E-state index in [9.17, 15) is 19.7 Å². The number of nitriles is 1. The van der Waals surface area contributed by atoms with Gasteiger partial charge in [0.05, 0.1) is 16.9 Å². The van der Waals surface area contributed by atoms with Crippen LogP contribution in [0.4, 0.5) is 10.5 Å². The molecule has 2 atom stereocenters. The van der Waals surface area contributed by atoms with Crippen molar-refractivity contribution in [2.24, 2.45) is 5.92 Å². The normalized spacial score (nSPS) is 22.1. The highest BCUT2D eigenvalue weighted by Gasteiger charge is 2.49. The Morgan fingerprint density at radius 2 is 2.00 bits per heavy atom. The number of carbonyl (C=O) groups is 2. The molecular formula is C14H14N4O4. The molecule has 1 fully saturated rings. The third-order valence-electron chi connectivity index (χ3n) is 3.61. The van der Waals surface area contributed by atoms with Gasteiger partial charge in [0, 0.05) is 18.7 Å². The molecule has 1 aliphatic heterocycles. The number of hydrogen-bond acceptors (Lipinski definition) is 5. The number of carbonyl (C=O) groups excluding carboxylic acids is 2. The van der Waals surface area contributed by atoms with Crippen LogP contribution in [0.15, 0.2) is 24.3 Å². The summed E-state index contributed by atoms with van der Waals surface area (Å²) < 4.78 is 0. The van der Waals surface area contributed by atoms with Crippen LogP contribution in [0.3, 0.4) is 0 Å². The van der Waals surface area contributed by atoms with Crippen LogP contribution in [0.25, 0.3) is 0 Å². The van der Waals surface area contributed by atoms with Gasteiger partial charge in [-0.1, -0.05) is 0 Å². The number of hydrogen-bond donors (Lipinski definition) is 1. The first-order chi connectivity index (χ1) is 10.3. The highest BCUT2D eigenvalue weighted by atomic mass is 16.6. The molecule has 114 valence electrons. The molecule has 1 heterocycles. The Balaban J connectivity index is 2.31. The zero-order valence-electron chi connectivity index (χ0n) is 12.1. The van der Waals surface area contributed by atoms with E-state index in [1.807, 2.05) is 6.07 Å². The Bertz CT molecular complexity index is 679. The molecule has 0 aliphatic carbocycles. The van der Waals surface area contributed by atoms with E-state index in [0.717, 1.165) is 4.90 Å². The number of non-ortho nitro benzene ring substituents is 1. The van der Waals surface area contributed by atoms with Gasteiger partial charge < -0.3 is 5.32 Å². The maximum Gasteiger partial charge on any atom is 0.325 e. The molecule has 0 radical (unpaired) electrons. The first-order valence-corrected chi connectivity index (χ1v) is 6.58. The number of amides is 3. The molecule has 1 aromatic rings. The van der Waals surface area contributed by atoms with Crippen LogP contribution in [0.2, 0.25) is 0 Å². The van der Waals surface area contributed by atoms with Crippen molar-refractivity contribution < 1.29 is 14.5 Å². The number of rotatable bonds is 4. The van der Waals surface area contributed by atoms with Crippen molar-refractivity contribution in [3.63, 3.8) is 0 Å². The lowest BCUT2D eigenvalue weighted by Gasteiger charge is -2.22. The molecule has 2 rings (SSSR count). The Morgan fingerprint density at radius 1 is 1.41 bits per heavy atom. The van der Waals surface area contributed by atoms with Crippen LogP contribution >= 0.6 is 0 Å². The summed E-state index contributed by atoms with van der Waals surface area (Å²) in [5, 5.41) is 22.1. The van der Waals surface area contributed by atoms with Gasteiger partial charge >= 0.3 is 6.03 Å². The summed E-state index contributed by atoms with van der Waals surface area (Å²) in [5.74, 6) is -0.956. The van der Waals surface area contributed by atoms with Gasteiger partial charge in [0.15, 0.2) is 0 Å². The molecule has 8 nitrogen and oxygen atoms in total. The van der Waals surface area contributed by atoms with E-state index in [1.165, 1.54) is 31.2 Å². The lowest BCUT2D eigenvalue weighted by atomic mass is 9.92. The van der Waals surface area contributed by atoms with Gasteiger partial charge in [-0.2, -0.15) is 5.26 Å². The number of nitro groups is 1. The van der Waals surface area contributed by atoms with Crippen LogP contribution in [0, 0.1) is 27.4 Å². The molecule has 8 heteroatoms. The van der Waals surface area contributed by atoms with Crippen LogP contribution in [-0.2, 0) is 10.3 Å². The number of nitrogens with one attached hydrogen (secondary N) is 1. The molecule has 1 saturated heterocycles. The highest BCUT2D eigenvalue weighted by Crippen LogP contribution is 2.30. The van der Waals surface area contributed by atoms with E-state index in [-0.39, 0.29) is 12.2 Å². The molecular weight excluding hydrogens is 288 g/mol. The monoisotopic (exact) mass is 302 g/mol. The fourth-order valence-electron chi connectivity index (χ4n) is 2.29. The second kappa shape index (κ2) is 5.44. The van der Waals surface area contributed by atoms with Crippen molar-refractivity contribution in [3.05, 3.63) is 39.9 Å². The minimum atomic E-state index is -1.29. The summed E-state index contributed by atoms with van der Waals surface area (Å²) in [7, 11) is 0. The third kappa shape index (κ3) is 2.48. The molecule has 1 aromatic carbocycles. The molecule has 0 spiro atoms. The van der Waals surface area contributed by atoms with Crippen LogP contribution in [0.1, 0.15) is 19.4 Å². The minimum absolute atomic E-state index is 0.00371. The summed E-state index contributed by atoms with van der Waals surface area (Å²) in [6.45, 7) is 3.15. The lowest BCUT2D eigenvalue weighted by molar-refractivity contribution is -0.384. The van der Waals surface area contributed by atoms with Gasteiger partial charge in [0.1, 0.15) is 5.54 Å². The van der Waals surface area contributed by atoms with E-state index >= 15 is 0 Å². The standard InChI is InChI=1S/C14H14N4O4/c1-9(7-15)8-17-12(19)14(2,16-13(17)20)10-3-5-11(6-4-10)18(21)22/h3-6,9H,8H2,1-2H3,(H,16,20)/t9-,14+/m0/s1. The van der Waals surface area contributed by atoms with Gasteiger partial charge in [-0.05, 0) is 31.5 Å². The Kier molecular flexibility index (Phi) is 3.82. The van der Waals surface area contributed by atoms with E-state index in [4.69, 9.17) is 5.26 Å². The van der Waals surface area contributed by atoms with Crippen LogP contribution in [0.5, 0.6) is 0 Å². The predicted molar refractivity (Wildman–Crippen MR) is 75.5 cm³/mol. The van der Waals surface area contributed by atoms with Crippen molar-refractivity contribution in [1.29, 1.82) is 5.26 Å². The zero-order valence-corrected chi connectivity index (χ0v) is 12.1. The van der Waals surface area contributed by atoms with Crippen molar-refractivity contribution >= 4 is 17.6 Å². The van der Waals surface area contributed by atoms with Crippen molar-refractivity contribution in [2.45, 2.75) is 19.4 Å². The number of urea groups is 1. The van der Waals surface area contributed by atoms with E-state index in [1.54, 1.807) is 6.92 Å². The second-order valence-corrected chi connectivity index (χ2v) is 5.31. The number of benzene rings is 1.